The first-order valence-electron chi connectivity index (χ1n) is 12.3. The van der Waals surface area contributed by atoms with Gasteiger partial charge in [-0.15, -0.1) is 0 Å². The highest BCUT2D eigenvalue weighted by atomic mass is 31.2. The lowest BCUT2D eigenvalue weighted by Crippen LogP contribution is -2.02. The van der Waals surface area contributed by atoms with Gasteiger partial charge >= 0.3 is 0 Å². The van der Waals surface area contributed by atoms with E-state index in [0.717, 1.165) is 18.5 Å². The highest BCUT2D eigenvalue weighted by Gasteiger charge is 2.20. The van der Waals surface area contributed by atoms with E-state index >= 15 is 0 Å². The van der Waals surface area contributed by atoms with Gasteiger partial charge < -0.3 is 4.57 Å². The number of rotatable bonds is 21. The Balaban J connectivity index is 3.85. The van der Waals surface area contributed by atoms with Crippen molar-refractivity contribution in [2.75, 3.05) is 18.5 Å². The van der Waals surface area contributed by atoms with Crippen molar-refractivity contribution in [2.24, 2.45) is 0 Å². The Kier molecular flexibility index (Phi) is 20.2. The fourth-order valence-electron chi connectivity index (χ4n) is 3.88. The maximum Gasteiger partial charge on any atom is 0.0877 e. The summed E-state index contributed by atoms with van der Waals surface area (Å²) in [6.07, 6.45) is 27.0. The summed E-state index contributed by atoms with van der Waals surface area (Å²) in [4.78, 5) is 0. The van der Waals surface area contributed by atoms with Crippen molar-refractivity contribution in [3.05, 3.63) is 0 Å². The van der Waals surface area contributed by atoms with Gasteiger partial charge in [0.15, 0.2) is 0 Å². The molecule has 0 aliphatic heterocycles. The molecule has 0 aromatic rings. The van der Waals surface area contributed by atoms with Crippen LogP contribution in [0.1, 0.15) is 136 Å². The Bertz CT molecular complexity index is 297. The molecule has 2 heteroatoms. The highest BCUT2D eigenvalue weighted by molar-refractivity contribution is 7.63. The van der Waals surface area contributed by atoms with Crippen LogP contribution in [0, 0.1) is 0 Å². The van der Waals surface area contributed by atoms with E-state index in [1.165, 1.54) is 116 Å². The molecule has 0 bridgehead atoms. The SMILES string of the molecule is CCCCCCCCCCCCP(=O)(CCCCCC)CCCCCC. The number of hydrogen-bond donors (Lipinski definition) is 0. The zero-order valence-electron chi connectivity index (χ0n) is 18.7. The highest BCUT2D eigenvalue weighted by Crippen LogP contribution is 2.48. The van der Waals surface area contributed by atoms with Crippen LogP contribution in [0.25, 0.3) is 0 Å². The Labute approximate surface area is 166 Å². The van der Waals surface area contributed by atoms with Crippen LogP contribution >= 0.6 is 7.14 Å². The maximum absolute atomic E-state index is 13.4. The standard InChI is InChI=1S/C24H51OP/c1-4-7-10-13-14-15-16-17-18-21-24-26(25,22-19-11-8-5-2)23-20-12-9-6-3/h4-24H2,1-3H3. The average molecular weight is 387 g/mol. The topological polar surface area (TPSA) is 17.1 Å². The zero-order valence-corrected chi connectivity index (χ0v) is 19.6. The molecule has 0 saturated carbocycles. The maximum atomic E-state index is 13.4. The summed E-state index contributed by atoms with van der Waals surface area (Å²) in [6.45, 7) is 6.80. The monoisotopic (exact) mass is 386 g/mol. The van der Waals surface area contributed by atoms with Gasteiger partial charge in [0.1, 0.15) is 0 Å². The van der Waals surface area contributed by atoms with Gasteiger partial charge in [-0.25, -0.2) is 0 Å². The number of unbranched alkanes of at least 4 members (excludes halogenated alkanes) is 15. The van der Waals surface area contributed by atoms with Crippen LogP contribution in [0.4, 0.5) is 0 Å². The molecule has 158 valence electrons. The molecule has 0 aromatic heterocycles. The van der Waals surface area contributed by atoms with Gasteiger partial charge in [0.05, 0.1) is 7.14 Å². The van der Waals surface area contributed by atoms with E-state index in [0.29, 0.717) is 0 Å². The molecule has 0 spiro atoms. The Morgan fingerprint density at radius 2 is 0.615 bits per heavy atom. The summed E-state index contributed by atoms with van der Waals surface area (Å²) in [6, 6.07) is 0. The van der Waals surface area contributed by atoms with Gasteiger partial charge in [-0.1, -0.05) is 117 Å². The molecule has 0 atom stereocenters. The molecule has 0 heterocycles. The fourth-order valence-corrected chi connectivity index (χ4v) is 6.95. The Morgan fingerprint density at radius 3 is 0.923 bits per heavy atom. The van der Waals surface area contributed by atoms with Crippen LogP contribution < -0.4 is 0 Å². The molecule has 0 aromatic carbocycles. The van der Waals surface area contributed by atoms with Crippen LogP contribution in [0.3, 0.4) is 0 Å². The molecule has 0 N–H and O–H groups in total. The van der Waals surface area contributed by atoms with Crippen molar-refractivity contribution in [3.8, 4) is 0 Å². The third kappa shape index (κ3) is 17.6. The second-order valence-corrected chi connectivity index (χ2v) is 12.0. The molecule has 0 aliphatic rings. The van der Waals surface area contributed by atoms with Crippen LogP contribution in [0.15, 0.2) is 0 Å². The first kappa shape index (κ1) is 26.2. The molecule has 0 rings (SSSR count). The molecule has 26 heavy (non-hydrogen) atoms. The van der Waals surface area contributed by atoms with Crippen molar-refractivity contribution in [2.45, 2.75) is 136 Å². The minimum Gasteiger partial charge on any atom is -0.324 e. The predicted molar refractivity (Wildman–Crippen MR) is 122 cm³/mol. The minimum absolute atomic E-state index is 1.04. The molecule has 0 saturated heterocycles. The van der Waals surface area contributed by atoms with E-state index in [1.54, 1.807) is 0 Å². The van der Waals surface area contributed by atoms with Crippen molar-refractivity contribution in [1.29, 1.82) is 0 Å². The first-order chi connectivity index (χ1) is 12.7. The molecule has 0 amide bonds. The molecule has 0 aliphatic carbocycles. The second kappa shape index (κ2) is 20.0. The van der Waals surface area contributed by atoms with Gasteiger partial charge in [0, 0.05) is 18.5 Å². The fraction of sp³-hybridized carbons (Fsp3) is 1.00. The lowest BCUT2D eigenvalue weighted by molar-refractivity contribution is 0.551. The van der Waals surface area contributed by atoms with E-state index in [9.17, 15) is 4.57 Å². The van der Waals surface area contributed by atoms with Gasteiger partial charge in [-0.2, -0.15) is 0 Å². The van der Waals surface area contributed by atoms with E-state index in [-0.39, 0.29) is 0 Å². The quantitative estimate of drug-likeness (QED) is 0.142. The van der Waals surface area contributed by atoms with Crippen LogP contribution in [-0.4, -0.2) is 18.5 Å². The smallest absolute Gasteiger partial charge is 0.0877 e. The van der Waals surface area contributed by atoms with Crippen LogP contribution in [0.5, 0.6) is 0 Å². The summed E-state index contributed by atoms with van der Waals surface area (Å²) in [5.74, 6) is 0. The summed E-state index contributed by atoms with van der Waals surface area (Å²) in [5, 5.41) is 0. The largest absolute Gasteiger partial charge is 0.324 e. The van der Waals surface area contributed by atoms with E-state index in [1.807, 2.05) is 0 Å². The molecular formula is C24H51OP. The average Bonchev–Trinajstić information content (AvgIpc) is 2.64. The molecule has 0 unspecified atom stereocenters. The second-order valence-electron chi connectivity index (χ2n) is 8.53. The lowest BCUT2D eigenvalue weighted by Gasteiger charge is -2.18. The minimum atomic E-state index is -1.87. The van der Waals surface area contributed by atoms with E-state index in [2.05, 4.69) is 20.8 Å². The van der Waals surface area contributed by atoms with Gasteiger partial charge in [0.25, 0.3) is 0 Å². The number of hydrogen-bond acceptors (Lipinski definition) is 1. The Hall–Kier alpha value is 0.230. The summed E-state index contributed by atoms with van der Waals surface area (Å²) < 4.78 is 13.4. The Morgan fingerprint density at radius 1 is 0.385 bits per heavy atom. The summed E-state index contributed by atoms with van der Waals surface area (Å²) >= 11 is 0. The normalized spacial score (nSPS) is 12.0. The third-order valence-electron chi connectivity index (χ3n) is 5.76. The molecular weight excluding hydrogens is 335 g/mol. The van der Waals surface area contributed by atoms with Gasteiger partial charge in [-0.05, 0) is 19.3 Å². The van der Waals surface area contributed by atoms with E-state index in [4.69, 9.17) is 0 Å². The van der Waals surface area contributed by atoms with Gasteiger partial charge in [-0.3, -0.25) is 0 Å². The lowest BCUT2D eigenvalue weighted by atomic mass is 10.1. The first-order valence-corrected chi connectivity index (χ1v) is 14.5. The van der Waals surface area contributed by atoms with E-state index < -0.39 is 7.14 Å². The van der Waals surface area contributed by atoms with Crippen molar-refractivity contribution < 1.29 is 4.57 Å². The van der Waals surface area contributed by atoms with Crippen molar-refractivity contribution in [3.63, 3.8) is 0 Å². The van der Waals surface area contributed by atoms with Gasteiger partial charge in [0.2, 0.25) is 0 Å². The molecule has 1 nitrogen and oxygen atoms in total. The molecule has 0 fully saturated rings. The zero-order chi connectivity index (χ0) is 19.3. The molecule has 0 radical (unpaired) electrons. The third-order valence-corrected chi connectivity index (χ3v) is 9.15. The summed E-state index contributed by atoms with van der Waals surface area (Å²) in [5.41, 5.74) is 0. The van der Waals surface area contributed by atoms with Crippen LogP contribution in [0.2, 0.25) is 0 Å². The van der Waals surface area contributed by atoms with Crippen molar-refractivity contribution in [1.82, 2.24) is 0 Å². The summed E-state index contributed by atoms with van der Waals surface area (Å²) in [7, 11) is -1.87. The van der Waals surface area contributed by atoms with Crippen molar-refractivity contribution >= 4 is 7.14 Å². The van der Waals surface area contributed by atoms with Crippen LogP contribution in [-0.2, 0) is 4.57 Å². The predicted octanol–water partition coefficient (Wildman–Crippen LogP) is 9.43.